The van der Waals surface area contributed by atoms with Crippen LogP contribution in [0, 0.1) is 10.1 Å². The van der Waals surface area contributed by atoms with Gasteiger partial charge in [-0.15, -0.1) is 6.58 Å². The molecule has 7 nitrogen and oxygen atoms in total. The van der Waals surface area contributed by atoms with E-state index in [-0.39, 0.29) is 18.5 Å². The first-order valence-corrected chi connectivity index (χ1v) is 6.19. The Kier molecular flexibility index (Phi) is 5.59. The van der Waals surface area contributed by atoms with E-state index in [0.29, 0.717) is 11.1 Å². The van der Waals surface area contributed by atoms with Crippen molar-refractivity contribution in [3.8, 4) is 0 Å². The molecular formula is C14H16N2O5. The monoisotopic (exact) mass is 292 g/mol. The van der Waals surface area contributed by atoms with Crippen molar-refractivity contribution >= 4 is 17.6 Å². The fourth-order valence-electron chi connectivity index (χ4n) is 1.76. The number of nitrogens with one attached hydrogen (secondary N) is 1. The van der Waals surface area contributed by atoms with Crippen LogP contribution in [0.25, 0.3) is 0 Å². The Morgan fingerprint density at radius 2 is 2.14 bits per heavy atom. The summed E-state index contributed by atoms with van der Waals surface area (Å²) in [5.41, 5.74) is 0.969. The maximum Gasteiger partial charge on any atom is 0.326 e. The number of non-ortho nitro benzene ring substituents is 1. The number of amides is 1. The zero-order chi connectivity index (χ0) is 16.0. The average Bonchev–Trinajstić information content (AvgIpc) is 2.37. The van der Waals surface area contributed by atoms with Crippen molar-refractivity contribution in [3.63, 3.8) is 0 Å². The Morgan fingerprint density at radius 3 is 2.67 bits per heavy atom. The van der Waals surface area contributed by atoms with Crippen LogP contribution in [0.3, 0.4) is 0 Å². The van der Waals surface area contributed by atoms with Gasteiger partial charge in [0.15, 0.2) is 0 Å². The first kappa shape index (κ1) is 16.4. The number of carbonyl (C=O) groups excluding carboxylic acids is 1. The molecule has 1 aromatic carbocycles. The predicted molar refractivity (Wildman–Crippen MR) is 75.8 cm³/mol. The topological polar surface area (TPSA) is 110 Å². The molecule has 0 saturated carbocycles. The molecule has 0 radical (unpaired) electrons. The van der Waals surface area contributed by atoms with Crippen LogP contribution in [0.5, 0.6) is 0 Å². The minimum atomic E-state index is -1.15. The Hall–Kier alpha value is -2.70. The molecule has 112 valence electrons. The lowest BCUT2D eigenvalue weighted by atomic mass is 10.1. The van der Waals surface area contributed by atoms with E-state index in [0.717, 1.165) is 0 Å². The number of nitro groups is 1. The van der Waals surface area contributed by atoms with Gasteiger partial charge in [-0.25, -0.2) is 4.79 Å². The molecular weight excluding hydrogens is 276 g/mol. The fraction of sp³-hybridized carbons (Fsp3) is 0.286. The van der Waals surface area contributed by atoms with Crippen molar-refractivity contribution in [2.75, 3.05) is 0 Å². The maximum absolute atomic E-state index is 11.8. The highest BCUT2D eigenvalue weighted by Gasteiger charge is 2.20. The number of nitrogens with zero attached hydrogens (tertiary/aromatic N) is 1. The number of rotatable bonds is 7. The summed E-state index contributed by atoms with van der Waals surface area (Å²) in [5.74, 6) is -1.66. The second-order valence-electron chi connectivity index (χ2n) is 4.72. The molecule has 1 amide bonds. The summed E-state index contributed by atoms with van der Waals surface area (Å²) < 4.78 is 0. The van der Waals surface area contributed by atoms with Crippen molar-refractivity contribution in [3.05, 3.63) is 52.1 Å². The first-order chi connectivity index (χ1) is 9.79. The van der Waals surface area contributed by atoms with Crippen LogP contribution >= 0.6 is 0 Å². The number of hydrogen-bond donors (Lipinski definition) is 2. The minimum Gasteiger partial charge on any atom is -0.480 e. The SMILES string of the molecule is C=C(C)C[C@H](NC(=O)Cc1cccc([N+](=O)[O-])c1)C(=O)O. The van der Waals surface area contributed by atoms with Crippen LogP contribution < -0.4 is 5.32 Å². The summed E-state index contributed by atoms with van der Waals surface area (Å²) in [6, 6.07) is 4.61. The molecule has 0 bridgehead atoms. The Bertz CT molecular complexity index is 582. The third kappa shape index (κ3) is 5.43. The molecule has 1 atom stereocenters. The minimum absolute atomic E-state index is 0.114. The van der Waals surface area contributed by atoms with Crippen LogP contribution in [0.1, 0.15) is 18.9 Å². The van der Waals surface area contributed by atoms with Gasteiger partial charge < -0.3 is 10.4 Å². The smallest absolute Gasteiger partial charge is 0.326 e. The van der Waals surface area contributed by atoms with Gasteiger partial charge in [0.2, 0.25) is 5.91 Å². The number of benzene rings is 1. The Balaban J connectivity index is 2.72. The van der Waals surface area contributed by atoms with Gasteiger partial charge in [-0.2, -0.15) is 0 Å². The summed E-state index contributed by atoms with van der Waals surface area (Å²) in [7, 11) is 0. The van der Waals surface area contributed by atoms with Crippen LogP contribution in [0.2, 0.25) is 0 Å². The van der Waals surface area contributed by atoms with Gasteiger partial charge in [-0.1, -0.05) is 17.7 Å². The normalized spacial score (nSPS) is 11.5. The lowest BCUT2D eigenvalue weighted by Gasteiger charge is -2.14. The van der Waals surface area contributed by atoms with Gasteiger partial charge in [-0.05, 0) is 18.9 Å². The van der Waals surface area contributed by atoms with Crippen molar-refractivity contribution in [2.24, 2.45) is 0 Å². The standard InChI is InChI=1S/C14H16N2O5/c1-9(2)6-12(14(18)19)15-13(17)8-10-4-3-5-11(7-10)16(20)21/h3-5,7,12H,1,6,8H2,2H3,(H,15,17)(H,18,19)/t12-/m0/s1. The summed E-state index contributed by atoms with van der Waals surface area (Å²) in [6.45, 7) is 5.28. The molecule has 0 heterocycles. The third-order valence-corrected chi connectivity index (χ3v) is 2.67. The summed E-state index contributed by atoms with van der Waals surface area (Å²) in [4.78, 5) is 32.9. The molecule has 0 aliphatic rings. The van der Waals surface area contributed by atoms with E-state index in [4.69, 9.17) is 5.11 Å². The highest BCUT2D eigenvalue weighted by atomic mass is 16.6. The van der Waals surface area contributed by atoms with Crippen molar-refractivity contribution < 1.29 is 19.6 Å². The number of carboxylic acid groups (broad SMARTS) is 1. The van der Waals surface area contributed by atoms with Crippen LogP contribution in [-0.4, -0.2) is 27.9 Å². The number of carbonyl (C=O) groups is 2. The second-order valence-corrected chi connectivity index (χ2v) is 4.72. The fourth-order valence-corrected chi connectivity index (χ4v) is 1.76. The molecule has 0 fully saturated rings. The molecule has 7 heteroatoms. The van der Waals surface area contributed by atoms with Crippen LogP contribution in [0.15, 0.2) is 36.4 Å². The van der Waals surface area contributed by atoms with E-state index in [2.05, 4.69) is 11.9 Å². The molecule has 21 heavy (non-hydrogen) atoms. The van der Waals surface area contributed by atoms with E-state index >= 15 is 0 Å². The van der Waals surface area contributed by atoms with E-state index in [1.807, 2.05) is 0 Å². The lowest BCUT2D eigenvalue weighted by Crippen LogP contribution is -2.41. The van der Waals surface area contributed by atoms with Gasteiger partial charge in [-0.3, -0.25) is 14.9 Å². The third-order valence-electron chi connectivity index (χ3n) is 2.67. The van der Waals surface area contributed by atoms with Gasteiger partial charge in [0.1, 0.15) is 6.04 Å². The van der Waals surface area contributed by atoms with Crippen LogP contribution in [0.4, 0.5) is 5.69 Å². The molecule has 1 rings (SSSR count). The predicted octanol–water partition coefficient (Wildman–Crippen LogP) is 1.67. The molecule has 1 aromatic rings. The summed E-state index contributed by atoms with van der Waals surface area (Å²) in [6.07, 6.45) is 0.0116. The van der Waals surface area contributed by atoms with Crippen molar-refractivity contribution in [1.29, 1.82) is 0 Å². The number of nitro benzene ring substituents is 1. The number of hydrogen-bond acceptors (Lipinski definition) is 4. The Labute approximate surface area is 121 Å². The number of aliphatic carboxylic acids is 1. The first-order valence-electron chi connectivity index (χ1n) is 6.19. The number of carboxylic acids is 1. The zero-order valence-electron chi connectivity index (χ0n) is 11.5. The maximum atomic E-state index is 11.8. The van der Waals surface area contributed by atoms with Gasteiger partial charge in [0.05, 0.1) is 11.3 Å². The van der Waals surface area contributed by atoms with Gasteiger partial charge in [0, 0.05) is 12.1 Å². The summed E-state index contributed by atoms with van der Waals surface area (Å²) in [5, 5.41) is 22.0. The van der Waals surface area contributed by atoms with E-state index in [1.54, 1.807) is 13.0 Å². The van der Waals surface area contributed by atoms with Crippen molar-refractivity contribution in [2.45, 2.75) is 25.8 Å². The molecule has 0 saturated heterocycles. The quantitative estimate of drug-likeness (QED) is 0.451. The van der Waals surface area contributed by atoms with Gasteiger partial charge in [0.25, 0.3) is 5.69 Å². The van der Waals surface area contributed by atoms with Crippen molar-refractivity contribution in [1.82, 2.24) is 5.32 Å². The second kappa shape index (κ2) is 7.18. The zero-order valence-corrected chi connectivity index (χ0v) is 11.5. The molecule has 0 aromatic heterocycles. The highest BCUT2D eigenvalue weighted by molar-refractivity contribution is 5.85. The molecule has 0 aliphatic carbocycles. The average molecular weight is 292 g/mol. The van der Waals surface area contributed by atoms with E-state index in [1.165, 1.54) is 18.2 Å². The molecule has 0 unspecified atom stereocenters. The molecule has 0 aliphatic heterocycles. The van der Waals surface area contributed by atoms with E-state index < -0.39 is 22.8 Å². The largest absolute Gasteiger partial charge is 0.480 e. The van der Waals surface area contributed by atoms with E-state index in [9.17, 15) is 19.7 Å². The highest BCUT2D eigenvalue weighted by Crippen LogP contribution is 2.13. The van der Waals surface area contributed by atoms with Crippen LogP contribution in [-0.2, 0) is 16.0 Å². The Morgan fingerprint density at radius 1 is 1.48 bits per heavy atom. The molecule has 0 spiro atoms. The molecule has 2 N–H and O–H groups in total. The van der Waals surface area contributed by atoms with Gasteiger partial charge >= 0.3 is 5.97 Å². The lowest BCUT2D eigenvalue weighted by molar-refractivity contribution is -0.384. The summed E-state index contributed by atoms with van der Waals surface area (Å²) >= 11 is 0.